The van der Waals surface area contributed by atoms with Crippen molar-refractivity contribution >= 4 is 23.6 Å². The molecule has 0 saturated carbocycles. The first-order chi connectivity index (χ1) is 12.1. The third-order valence-corrected chi connectivity index (χ3v) is 4.41. The zero-order chi connectivity index (χ0) is 18.1. The fraction of sp³-hybridized carbons (Fsp3) is 0.263. The van der Waals surface area contributed by atoms with Crippen molar-refractivity contribution in [2.45, 2.75) is 24.3 Å². The average Bonchev–Trinajstić information content (AvgIpc) is 2.62. The maximum atomic E-state index is 12.9. The van der Waals surface area contributed by atoms with Gasteiger partial charge in [-0.2, -0.15) is 0 Å². The van der Waals surface area contributed by atoms with Crippen LogP contribution in [0, 0.1) is 5.82 Å². The van der Waals surface area contributed by atoms with Crippen LogP contribution in [0.15, 0.2) is 59.5 Å². The van der Waals surface area contributed by atoms with Crippen LogP contribution in [-0.2, 0) is 14.3 Å². The van der Waals surface area contributed by atoms with Crippen molar-refractivity contribution in [3.8, 4) is 0 Å². The van der Waals surface area contributed by atoms with E-state index in [0.717, 1.165) is 10.5 Å². The van der Waals surface area contributed by atoms with E-state index >= 15 is 0 Å². The summed E-state index contributed by atoms with van der Waals surface area (Å²) in [5.41, 5.74) is 0.843. The molecule has 0 heterocycles. The van der Waals surface area contributed by atoms with Crippen LogP contribution in [0.25, 0.3) is 0 Å². The number of ether oxygens (including phenoxy) is 1. The zero-order valence-electron chi connectivity index (χ0n) is 13.9. The van der Waals surface area contributed by atoms with E-state index < -0.39 is 6.04 Å². The number of halogens is 1. The lowest BCUT2D eigenvalue weighted by Crippen LogP contribution is -2.31. The van der Waals surface area contributed by atoms with Crippen LogP contribution in [0.2, 0.25) is 0 Å². The van der Waals surface area contributed by atoms with E-state index in [0.29, 0.717) is 6.61 Å². The minimum atomic E-state index is -0.443. The molecule has 0 aromatic heterocycles. The Kier molecular flexibility index (Phi) is 7.47. The van der Waals surface area contributed by atoms with Crippen molar-refractivity contribution in [1.29, 1.82) is 0 Å². The van der Waals surface area contributed by atoms with Crippen molar-refractivity contribution in [1.82, 2.24) is 5.32 Å². The molecule has 0 aliphatic rings. The molecule has 25 heavy (non-hydrogen) atoms. The standard InChI is InChI=1S/C19H20FNO3S/c1-2-24-19(23)12-17(14-6-4-3-5-7-14)21-18(22)13-25-16-10-8-15(20)9-11-16/h3-11,17H,2,12-13H2,1H3,(H,21,22). The van der Waals surface area contributed by atoms with Crippen LogP contribution in [0.3, 0.4) is 0 Å². The van der Waals surface area contributed by atoms with E-state index in [1.807, 2.05) is 30.3 Å². The van der Waals surface area contributed by atoms with Gasteiger partial charge in [-0.05, 0) is 36.8 Å². The van der Waals surface area contributed by atoms with Gasteiger partial charge in [0.05, 0.1) is 24.8 Å². The van der Waals surface area contributed by atoms with E-state index in [2.05, 4.69) is 5.32 Å². The molecule has 1 N–H and O–H groups in total. The van der Waals surface area contributed by atoms with Crippen molar-refractivity contribution in [2.24, 2.45) is 0 Å². The molecule has 6 heteroatoms. The number of esters is 1. The molecule has 1 unspecified atom stereocenters. The Morgan fingerprint density at radius 2 is 1.80 bits per heavy atom. The molecule has 2 rings (SSSR count). The Morgan fingerprint density at radius 3 is 2.44 bits per heavy atom. The summed E-state index contributed by atoms with van der Waals surface area (Å²) in [7, 11) is 0. The number of benzene rings is 2. The predicted octanol–water partition coefficient (Wildman–Crippen LogP) is 3.73. The van der Waals surface area contributed by atoms with Crippen LogP contribution in [0.5, 0.6) is 0 Å². The third-order valence-electron chi connectivity index (χ3n) is 3.40. The van der Waals surface area contributed by atoms with Crippen LogP contribution in [-0.4, -0.2) is 24.2 Å². The molecule has 0 bridgehead atoms. The van der Waals surface area contributed by atoms with Crippen LogP contribution in [0.4, 0.5) is 4.39 Å². The number of rotatable bonds is 8. The van der Waals surface area contributed by atoms with Gasteiger partial charge in [0.2, 0.25) is 5.91 Å². The smallest absolute Gasteiger partial charge is 0.308 e. The molecule has 1 amide bonds. The number of nitrogens with one attached hydrogen (secondary N) is 1. The van der Waals surface area contributed by atoms with Gasteiger partial charge in [0.1, 0.15) is 5.82 Å². The van der Waals surface area contributed by atoms with E-state index in [1.54, 1.807) is 19.1 Å². The quantitative estimate of drug-likeness (QED) is 0.575. The highest BCUT2D eigenvalue weighted by Gasteiger charge is 2.19. The van der Waals surface area contributed by atoms with Crippen LogP contribution >= 0.6 is 11.8 Å². The lowest BCUT2D eigenvalue weighted by molar-refractivity contribution is -0.143. The van der Waals surface area contributed by atoms with Gasteiger partial charge >= 0.3 is 5.97 Å². The van der Waals surface area contributed by atoms with Crippen molar-refractivity contribution in [2.75, 3.05) is 12.4 Å². The lowest BCUT2D eigenvalue weighted by atomic mass is 10.0. The molecule has 2 aromatic carbocycles. The first kappa shape index (κ1) is 19.0. The Hall–Kier alpha value is -2.34. The maximum absolute atomic E-state index is 12.9. The molecule has 0 saturated heterocycles. The lowest BCUT2D eigenvalue weighted by Gasteiger charge is -2.18. The summed E-state index contributed by atoms with van der Waals surface area (Å²) < 4.78 is 17.9. The zero-order valence-corrected chi connectivity index (χ0v) is 14.7. The third kappa shape index (κ3) is 6.58. The number of amides is 1. The maximum Gasteiger partial charge on any atom is 0.308 e. The van der Waals surface area contributed by atoms with Gasteiger partial charge in [0.15, 0.2) is 0 Å². The van der Waals surface area contributed by atoms with Gasteiger partial charge in [-0.1, -0.05) is 30.3 Å². The van der Waals surface area contributed by atoms with E-state index in [-0.39, 0.29) is 29.9 Å². The van der Waals surface area contributed by atoms with E-state index in [1.165, 1.54) is 23.9 Å². The Labute approximate surface area is 150 Å². The van der Waals surface area contributed by atoms with E-state index in [4.69, 9.17) is 4.74 Å². The second kappa shape index (κ2) is 9.84. The predicted molar refractivity (Wildman–Crippen MR) is 95.7 cm³/mol. The number of hydrogen-bond acceptors (Lipinski definition) is 4. The molecule has 1 atom stereocenters. The summed E-state index contributed by atoms with van der Waals surface area (Å²) in [6.45, 7) is 2.04. The molecule has 0 spiro atoms. The Balaban J connectivity index is 1.96. The van der Waals surface area contributed by atoms with Crippen LogP contribution < -0.4 is 5.32 Å². The molecule has 0 aliphatic heterocycles. The summed E-state index contributed by atoms with van der Waals surface area (Å²) >= 11 is 1.31. The van der Waals surface area contributed by atoms with Gasteiger partial charge in [-0.25, -0.2) is 4.39 Å². The minimum absolute atomic E-state index is 0.0742. The van der Waals surface area contributed by atoms with Crippen molar-refractivity contribution in [3.05, 3.63) is 66.0 Å². The largest absolute Gasteiger partial charge is 0.466 e. The van der Waals surface area contributed by atoms with Crippen LogP contribution in [0.1, 0.15) is 24.9 Å². The average molecular weight is 361 g/mol. The monoisotopic (exact) mass is 361 g/mol. The van der Waals surface area contributed by atoms with Crippen molar-refractivity contribution < 1.29 is 18.7 Å². The summed E-state index contributed by atoms with van der Waals surface area (Å²) in [6, 6.07) is 14.8. The van der Waals surface area contributed by atoms with E-state index in [9.17, 15) is 14.0 Å². The van der Waals surface area contributed by atoms with Gasteiger partial charge < -0.3 is 10.1 Å². The molecule has 0 radical (unpaired) electrons. The molecule has 0 aliphatic carbocycles. The molecular formula is C19H20FNO3S. The highest BCUT2D eigenvalue weighted by molar-refractivity contribution is 8.00. The topological polar surface area (TPSA) is 55.4 Å². The first-order valence-corrected chi connectivity index (χ1v) is 8.95. The number of carbonyl (C=O) groups is 2. The number of thioether (sulfide) groups is 1. The Bertz CT molecular complexity index is 692. The molecule has 0 fully saturated rings. The summed E-state index contributed by atoms with van der Waals surface area (Å²) in [5, 5.41) is 2.87. The SMILES string of the molecule is CCOC(=O)CC(NC(=O)CSc1ccc(F)cc1)c1ccccc1. The second-order valence-corrected chi connectivity index (χ2v) is 6.33. The minimum Gasteiger partial charge on any atom is -0.466 e. The first-order valence-electron chi connectivity index (χ1n) is 7.96. The second-order valence-electron chi connectivity index (χ2n) is 5.28. The van der Waals surface area contributed by atoms with Gasteiger partial charge in [0, 0.05) is 4.90 Å². The highest BCUT2D eigenvalue weighted by atomic mass is 32.2. The number of hydrogen-bond donors (Lipinski definition) is 1. The Morgan fingerprint density at radius 1 is 1.12 bits per heavy atom. The van der Waals surface area contributed by atoms with Gasteiger partial charge in [0.25, 0.3) is 0 Å². The number of carbonyl (C=O) groups excluding carboxylic acids is 2. The summed E-state index contributed by atoms with van der Waals surface area (Å²) in [6.07, 6.45) is 0.0742. The fourth-order valence-corrected chi connectivity index (χ4v) is 2.95. The van der Waals surface area contributed by atoms with Crippen molar-refractivity contribution in [3.63, 3.8) is 0 Å². The van der Waals surface area contributed by atoms with Gasteiger partial charge in [-0.15, -0.1) is 11.8 Å². The summed E-state index contributed by atoms with van der Waals surface area (Å²) in [5.74, 6) is -0.694. The normalized spacial score (nSPS) is 11.6. The van der Waals surface area contributed by atoms with Gasteiger partial charge in [-0.3, -0.25) is 9.59 Å². The fourth-order valence-electron chi connectivity index (χ4n) is 2.24. The molecular weight excluding hydrogens is 341 g/mol. The molecule has 2 aromatic rings. The highest BCUT2D eigenvalue weighted by Crippen LogP contribution is 2.20. The molecule has 4 nitrogen and oxygen atoms in total. The summed E-state index contributed by atoms with van der Waals surface area (Å²) in [4.78, 5) is 24.9. The molecule has 132 valence electrons.